The SMILES string of the molecule is Cn1c(=O)cc(N2CCC[C@H](N)C2)n(CCCn2cnc3c(N)ncnc32)c1=O. The summed E-state index contributed by atoms with van der Waals surface area (Å²) in [7, 11) is 1.50. The highest BCUT2D eigenvalue weighted by molar-refractivity contribution is 5.81. The molecule has 0 aromatic carbocycles. The largest absolute Gasteiger partial charge is 0.382 e. The number of nitrogens with zero attached hydrogens (tertiary/aromatic N) is 7. The molecule has 1 aliphatic rings. The van der Waals surface area contributed by atoms with Gasteiger partial charge in [-0.3, -0.25) is 13.9 Å². The molecular weight excluding hydrogens is 374 g/mol. The van der Waals surface area contributed by atoms with Crippen molar-refractivity contribution in [1.82, 2.24) is 28.7 Å². The molecule has 0 amide bonds. The lowest BCUT2D eigenvalue weighted by atomic mass is 10.1. The first-order chi connectivity index (χ1) is 14.0. The molecule has 4 rings (SSSR count). The fraction of sp³-hybridized carbons (Fsp3) is 0.500. The lowest BCUT2D eigenvalue weighted by Crippen LogP contribution is -2.47. The second kappa shape index (κ2) is 7.66. The first kappa shape index (κ1) is 19.1. The molecule has 4 N–H and O–H groups in total. The van der Waals surface area contributed by atoms with Crippen LogP contribution in [0.1, 0.15) is 19.3 Å². The monoisotopic (exact) mass is 399 g/mol. The minimum Gasteiger partial charge on any atom is -0.382 e. The van der Waals surface area contributed by atoms with Crippen LogP contribution in [-0.4, -0.2) is 47.8 Å². The minimum absolute atomic E-state index is 0.0406. The van der Waals surface area contributed by atoms with E-state index in [-0.39, 0.29) is 17.3 Å². The third-order valence-electron chi connectivity index (χ3n) is 5.37. The fourth-order valence-electron chi connectivity index (χ4n) is 3.81. The Labute approximate surface area is 166 Å². The Bertz CT molecular complexity index is 1150. The van der Waals surface area contributed by atoms with Crippen molar-refractivity contribution in [3.63, 3.8) is 0 Å². The van der Waals surface area contributed by atoms with E-state index >= 15 is 0 Å². The Kier molecular flexibility index (Phi) is 5.05. The van der Waals surface area contributed by atoms with E-state index in [1.807, 2.05) is 9.47 Å². The maximum atomic E-state index is 12.8. The Morgan fingerprint density at radius 2 is 2.03 bits per heavy atom. The zero-order valence-electron chi connectivity index (χ0n) is 16.4. The van der Waals surface area contributed by atoms with Crippen LogP contribution in [0.2, 0.25) is 0 Å². The molecule has 0 saturated carbocycles. The summed E-state index contributed by atoms with van der Waals surface area (Å²) in [6, 6.07) is 1.57. The highest BCUT2D eigenvalue weighted by Gasteiger charge is 2.21. The van der Waals surface area contributed by atoms with E-state index in [0.717, 1.165) is 24.0 Å². The molecule has 3 aromatic heterocycles. The predicted molar refractivity (Wildman–Crippen MR) is 110 cm³/mol. The average molecular weight is 399 g/mol. The molecule has 1 saturated heterocycles. The number of fused-ring (bicyclic) bond motifs is 1. The van der Waals surface area contributed by atoms with Crippen LogP contribution in [0.15, 0.2) is 28.3 Å². The van der Waals surface area contributed by atoms with Gasteiger partial charge >= 0.3 is 5.69 Å². The van der Waals surface area contributed by atoms with Gasteiger partial charge in [-0.1, -0.05) is 0 Å². The van der Waals surface area contributed by atoms with Crippen molar-refractivity contribution in [2.45, 2.75) is 38.4 Å². The molecule has 0 radical (unpaired) electrons. The number of anilines is 2. The van der Waals surface area contributed by atoms with Gasteiger partial charge in [-0.2, -0.15) is 0 Å². The summed E-state index contributed by atoms with van der Waals surface area (Å²) < 4.78 is 4.67. The molecule has 0 bridgehead atoms. The number of nitrogen functional groups attached to an aromatic ring is 1. The quantitative estimate of drug-likeness (QED) is 0.573. The van der Waals surface area contributed by atoms with Gasteiger partial charge in [-0.15, -0.1) is 0 Å². The van der Waals surface area contributed by atoms with E-state index in [2.05, 4.69) is 15.0 Å². The standard InChI is InChI=1S/C18H25N9O2/c1-24-14(28)8-13(25-5-2-4-12(19)9-25)27(18(24)29)7-3-6-26-11-23-15-16(20)21-10-22-17(15)26/h8,10-12H,2-7,9,19H2,1H3,(H2,20,21,22)/t12-/m0/s1. The van der Waals surface area contributed by atoms with Crippen molar-refractivity contribution in [2.24, 2.45) is 12.8 Å². The first-order valence-corrected chi connectivity index (χ1v) is 9.68. The van der Waals surface area contributed by atoms with Gasteiger partial charge in [0.2, 0.25) is 0 Å². The molecule has 0 aliphatic carbocycles. The zero-order valence-corrected chi connectivity index (χ0v) is 16.4. The number of rotatable bonds is 5. The average Bonchev–Trinajstić information content (AvgIpc) is 3.12. The molecule has 0 unspecified atom stereocenters. The molecule has 1 aliphatic heterocycles. The van der Waals surface area contributed by atoms with Gasteiger partial charge in [0.15, 0.2) is 11.5 Å². The van der Waals surface area contributed by atoms with Crippen molar-refractivity contribution in [3.8, 4) is 0 Å². The highest BCUT2D eigenvalue weighted by atomic mass is 16.2. The van der Waals surface area contributed by atoms with Crippen molar-refractivity contribution in [2.75, 3.05) is 23.7 Å². The summed E-state index contributed by atoms with van der Waals surface area (Å²) in [5.74, 6) is 0.974. The number of nitrogens with two attached hydrogens (primary N) is 2. The molecule has 1 atom stereocenters. The molecule has 1 fully saturated rings. The van der Waals surface area contributed by atoms with E-state index in [4.69, 9.17) is 11.5 Å². The molecule has 4 heterocycles. The van der Waals surface area contributed by atoms with Crippen LogP contribution in [0.4, 0.5) is 11.6 Å². The molecule has 29 heavy (non-hydrogen) atoms. The normalized spacial score (nSPS) is 17.2. The first-order valence-electron chi connectivity index (χ1n) is 9.68. The third kappa shape index (κ3) is 3.60. The van der Waals surface area contributed by atoms with E-state index in [0.29, 0.717) is 48.9 Å². The number of hydrogen-bond acceptors (Lipinski definition) is 8. The van der Waals surface area contributed by atoms with Gasteiger partial charge < -0.3 is 20.9 Å². The van der Waals surface area contributed by atoms with Crippen molar-refractivity contribution in [3.05, 3.63) is 39.6 Å². The summed E-state index contributed by atoms with van der Waals surface area (Å²) in [5.41, 5.74) is 12.5. The van der Waals surface area contributed by atoms with Gasteiger partial charge in [-0.25, -0.2) is 19.7 Å². The van der Waals surface area contributed by atoms with Crippen LogP contribution in [0.3, 0.4) is 0 Å². The number of hydrogen-bond donors (Lipinski definition) is 2. The topological polar surface area (TPSA) is 143 Å². The van der Waals surface area contributed by atoms with Crippen LogP contribution in [0.5, 0.6) is 0 Å². The molecule has 154 valence electrons. The van der Waals surface area contributed by atoms with Crippen molar-refractivity contribution >= 4 is 22.8 Å². The Morgan fingerprint density at radius 1 is 1.21 bits per heavy atom. The Balaban J connectivity index is 1.59. The summed E-state index contributed by atoms with van der Waals surface area (Å²) in [6.45, 7) is 2.47. The molecule has 11 nitrogen and oxygen atoms in total. The number of aromatic nitrogens is 6. The molecule has 0 spiro atoms. The van der Waals surface area contributed by atoms with Crippen LogP contribution in [-0.2, 0) is 20.1 Å². The van der Waals surface area contributed by atoms with Gasteiger partial charge in [-0.05, 0) is 19.3 Å². The Hall–Kier alpha value is -3.21. The summed E-state index contributed by atoms with van der Waals surface area (Å²) in [6.07, 6.45) is 5.62. The van der Waals surface area contributed by atoms with Crippen LogP contribution >= 0.6 is 0 Å². The van der Waals surface area contributed by atoms with E-state index in [1.54, 1.807) is 10.9 Å². The fourth-order valence-corrected chi connectivity index (χ4v) is 3.81. The maximum absolute atomic E-state index is 12.8. The highest BCUT2D eigenvalue weighted by Crippen LogP contribution is 2.18. The van der Waals surface area contributed by atoms with Gasteiger partial charge in [0.05, 0.1) is 6.33 Å². The van der Waals surface area contributed by atoms with Gasteiger partial charge in [0.1, 0.15) is 17.7 Å². The van der Waals surface area contributed by atoms with Gasteiger partial charge in [0.25, 0.3) is 5.56 Å². The summed E-state index contributed by atoms with van der Waals surface area (Å²) >= 11 is 0. The molecule has 3 aromatic rings. The zero-order chi connectivity index (χ0) is 20.5. The lowest BCUT2D eigenvalue weighted by Gasteiger charge is -2.34. The van der Waals surface area contributed by atoms with Crippen LogP contribution in [0, 0.1) is 0 Å². The number of aryl methyl sites for hydroxylation is 1. The predicted octanol–water partition coefficient (Wildman–Crippen LogP) is -0.713. The minimum atomic E-state index is -0.325. The number of piperidine rings is 1. The van der Waals surface area contributed by atoms with Crippen LogP contribution < -0.4 is 27.6 Å². The summed E-state index contributed by atoms with van der Waals surface area (Å²) in [5, 5.41) is 0. The summed E-state index contributed by atoms with van der Waals surface area (Å²) in [4.78, 5) is 39.5. The third-order valence-corrected chi connectivity index (χ3v) is 5.37. The second-order valence-corrected chi connectivity index (χ2v) is 7.40. The Morgan fingerprint density at radius 3 is 2.83 bits per heavy atom. The molecule has 11 heteroatoms. The van der Waals surface area contributed by atoms with E-state index in [9.17, 15) is 9.59 Å². The van der Waals surface area contributed by atoms with E-state index in [1.165, 1.54) is 19.4 Å². The van der Waals surface area contributed by atoms with Crippen molar-refractivity contribution in [1.29, 1.82) is 0 Å². The lowest BCUT2D eigenvalue weighted by molar-refractivity contribution is 0.477. The number of imidazole rings is 1. The molecular formula is C18H25N9O2. The second-order valence-electron chi connectivity index (χ2n) is 7.40. The van der Waals surface area contributed by atoms with Crippen molar-refractivity contribution < 1.29 is 0 Å². The van der Waals surface area contributed by atoms with E-state index < -0.39 is 0 Å². The van der Waals surface area contributed by atoms with Gasteiger partial charge in [0, 0.05) is 45.3 Å². The maximum Gasteiger partial charge on any atom is 0.332 e. The van der Waals surface area contributed by atoms with Crippen LogP contribution in [0.25, 0.3) is 11.2 Å². The smallest absolute Gasteiger partial charge is 0.332 e.